The van der Waals surface area contributed by atoms with Crippen molar-refractivity contribution in [2.24, 2.45) is 0 Å². The van der Waals surface area contributed by atoms with Crippen LogP contribution in [0, 0.1) is 0 Å². The summed E-state index contributed by atoms with van der Waals surface area (Å²) < 4.78 is 14.1. The zero-order chi connectivity index (χ0) is 17.8. The number of rotatable bonds is 1. The molecule has 0 radical (unpaired) electrons. The van der Waals surface area contributed by atoms with E-state index in [1.165, 1.54) is 12.7 Å². The summed E-state index contributed by atoms with van der Waals surface area (Å²) in [5.74, 6) is -0.528. The van der Waals surface area contributed by atoms with Gasteiger partial charge in [-0.05, 0) is 12.8 Å². The Kier molecular flexibility index (Phi) is 3.70. The van der Waals surface area contributed by atoms with Crippen molar-refractivity contribution in [3.05, 3.63) is 17.8 Å². The number of carbonyl (C=O) groups excluding carboxylic acids is 1. The van der Waals surface area contributed by atoms with E-state index in [2.05, 4.69) is 20.3 Å². The Balaban J connectivity index is 1.38. The first-order valence-electron chi connectivity index (χ1n) is 9.03. The van der Waals surface area contributed by atoms with Crippen LogP contribution in [0.3, 0.4) is 0 Å². The molecule has 138 valence electrons. The molecule has 4 heterocycles. The summed E-state index contributed by atoms with van der Waals surface area (Å²) in [5.41, 5.74) is 0.557. The lowest BCUT2D eigenvalue weighted by Gasteiger charge is -2.46. The van der Waals surface area contributed by atoms with E-state index in [0.29, 0.717) is 30.8 Å². The molecule has 3 aliphatic rings. The van der Waals surface area contributed by atoms with E-state index in [4.69, 9.17) is 21.1 Å². The molecule has 26 heavy (non-hydrogen) atoms. The first kappa shape index (κ1) is 16.4. The summed E-state index contributed by atoms with van der Waals surface area (Å²) in [6, 6.07) is -0.418. The molecule has 1 aliphatic carbocycles. The van der Waals surface area contributed by atoms with Gasteiger partial charge in [0.15, 0.2) is 16.6 Å². The number of ether oxygens (including phenoxy) is 2. The Labute approximate surface area is 155 Å². The van der Waals surface area contributed by atoms with Crippen LogP contribution in [-0.4, -0.2) is 50.0 Å². The van der Waals surface area contributed by atoms with Gasteiger partial charge in [0.2, 0.25) is 5.91 Å². The monoisotopic (exact) mass is 377 g/mol. The van der Waals surface area contributed by atoms with Gasteiger partial charge in [-0.25, -0.2) is 15.0 Å². The fourth-order valence-corrected chi connectivity index (χ4v) is 4.50. The van der Waals surface area contributed by atoms with E-state index in [-0.39, 0.29) is 11.1 Å². The maximum atomic E-state index is 12.7. The third kappa shape index (κ3) is 2.51. The van der Waals surface area contributed by atoms with Crippen molar-refractivity contribution in [2.75, 3.05) is 13.2 Å². The smallest absolute Gasteiger partial charge is 0.243 e. The topological polar surface area (TPSA) is 91.2 Å². The van der Waals surface area contributed by atoms with Crippen LogP contribution >= 0.6 is 11.6 Å². The highest BCUT2D eigenvalue weighted by Gasteiger charge is 2.52. The fraction of sp³-hybridized carbons (Fsp3) is 0.647. The number of halogens is 1. The van der Waals surface area contributed by atoms with Crippen LogP contribution in [0.1, 0.15) is 44.6 Å². The van der Waals surface area contributed by atoms with Crippen LogP contribution in [0.4, 0.5) is 0 Å². The first-order valence-corrected chi connectivity index (χ1v) is 9.41. The van der Waals surface area contributed by atoms with Crippen LogP contribution in [0.5, 0.6) is 0 Å². The van der Waals surface area contributed by atoms with Crippen molar-refractivity contribution >= 4 is 28.7 Å². The Morgan fingerprint density at radius 2 is 1.92 bits per heavy atom. The molecule has 2 aromatic rings. The molecule has 1 amide bonds. The second kappa shape index (κ2) is 5.87. The van der Waals surface area contributed by atoms with E-state index in [1.807, 2.05) is 0 Å². The molecule has 2 aliphatic heterocycles. The lowest BCUT2D eigenvalue weighted by atomic mass is 9.90. The van der Waals surface area contributed by atoms with Crippen molar-refractivity contribution in [3.63, 3.8) is 0 Å². The van der Waals surface area contributed by atoms with Gasteiger partial charge >= 0.3 is 0 Å². The summed E-state index contributed by atoms with van der Waals surface area (Å²) in [7, 11) is 0. The zero-order valence-electron chi connectivity index (χ0n) is 14.3. The molecule has 0 aromatic carbocycles. The minimum atomic E-state index is -0.502. The molecule has 2 aromatic heterocycles. The van der Waals surface area contributed by atoms with Crippen LogP contribution in [-0.2, 0) is 14.3 Å². The van der Waals surface area contributed by atoms with Crippen LogP contribution in [0.2, 0.25) is 5.15 Å². The van der Waals surface area contributed by atoms with Gasteiger partial charge in [0.25, 0.3) is 0 Å². The highest BCUT2D eigenvalue weighted by atomic mass is 35.5. The molecule has 1 saturated carbocycles. The fourth-order valence-electron chi connectivity index (χ4n) is 4.33. The molecule has 0 bridgehead atoms. The van der Waals surface area contributed by atoms with Crippen molar-refractivity contribution in [1.82, 2.24) is 24.8 Å². The van der Waals surface area contributed by atoms with Gasteiger partial charge in [-0.2, -0.15) is 0 Å². The third-order valence-electron chi connectivity index (χ3n) is 5.76. The Bertz CT molecular complexity index is 853. The molecule has 9 heteroatoms. The van der Waals surface area contributed by atoms with Gasteiger partial charge in [0.05, 0.1) is 25.1 Å². The SMILES string of the molecule is O=C1NC2(COC3(CCCCC3)OC2)C[C@@H]1n1cnc2c(Cl)ncnc21. The lowest BCUT2D eigenvalue weighted by Crippen LogP contribution is -2.59. The maximum absolute atomic E-state index is 12.7. The van der Waals surface area contributed by atoms with Crippen molar-refractivity contribution in [3.8, 4) is 0 Å². The van der Waals surface area contributed by atoms with E-state index in [0.717, 1.165) is 25.7 Å². The van der Waals surface area contributed by atoms with E-state index in [1.54, 1.807) is 10.9 Å². The van der Waals surface area contributed by atoms with E-state index >= 15 is 0 Å². The summed E-state index contributed by atoms with van der Waals surface area (Å²) in [6.07, 6.45) is 8.90. The minimum absolute atomic E-state index is 0.0779. The van der Waals surface area contributed by atoms with Gasteiger partial charge in [-0.3, -0.25) is 4.79 Å². The maximum Gasteiger partial charge on any atom is 0.243 e. The molecular weight excluding hydrogens is 358 g/mol. The number of aromatic nitrogens is 4. The second-order valence-corrected chi connectivity index (χ2v) is 7.88. The Morgan fingerprint density at radius 1 is 1.15 bits per heavy atom. The predicted molar refractivity (Wildman–Crippen MR) is 92.6 cm³/mol. The lowest BCUT2D eigenvalue weighted by molar-refractivity contribution is -0.301. The summed E-state index contributed by atoms with van der Waals surface area (Å²) in [6.45, 7) is 0.940. The van der Waals surface area contributed by atoms with Gasteiger partial charge in [-0.1, -0.05) is 18.0 Å². The summed E-state index contributed by atoms with van der Waals surface area (Å²) in [4.78, 5) is 25.1. The number of amides is 1. The Hall–Kier alpha value is -1.77. The van der Waals surface area contributed by atoms with Crippen LogP contribution in [0.15, 0.2) is 12.7 Å². The average molecular weight is 378 g/mol. The second-order valence-electron chi connectivity index (χ2n) is 7.53. The number of hydrogen-bond donors (Lipinski definition) is 1. The van der Waals surface area contributed by atoms with Gasteiger partial charge in [0.1, 0.15) is 17.9 Å². The predicted octanol–water partition coefficient (Wildman–Crippen LogP) is 1.99. The largest absolute Gasteiger partial charge is 0.347 e. The molecule has 5 rings (SSSR count). The highest BCUT2D eigenvalue weighted by molar-refractivity contribution is 6.33. The number of carbonyl (C=O) groups is 1. The third-order valence-corrected chi connectivity index (χ3v) is 6.04. The number of imidazole rings is 1. The molecule has 1 N–H and O–H groups in total. The number of nitrogens with zero attached hydrogens (tertiary/aromatic N) is 4. The average Bonchev–Trinajstić information content (AvgIpc) is 3.21. The molecule has 0 unspecified atom stereocenters. The van der Waals surface area contributed by atoms with Crippen molar-refractivity contribution in [2.45, 2.75) is 55.9 Å². The van der Waals surface area contributed by atoms with Gasteiger partial charge in [0, 0.05) is 19.3 Å². The quantitative estimate of drug-likeness (QED) is 0.764. The van der Waals surface area contributed by atoms with E-state index in [9.17, 15) is 4.79 Å². The Morgan fingerprint density at radius 3 is 2.69 bits per heavy atom. The van der Waals surface area contributed by atoms with Crippen molar-refractivity contribution in [1.29, 1.82) is 0 Å². The molecule has 2 saturated heterocycles. The molecule has 2 spiro atoms. The normalized spacial score (nSPS) is 27.3. The number of hydrogen-bond acceptors (Lipinski definition) is 6. The standard InChI is InChI=1S/C17H20ClN5O3/c18-13-12-14(20-9-19-13)23(10-21-12)11-6-16(22-15(11)24)7-25-17(26-8-16)4-2-1-3-5-17/h9-11H,1-8H2,(H,22,24)/t11-/m0/s1. The van der Waals surface area contributed by atoms with Crippen LogP contribution in [0.25, 0.3) is 11.2 Å². The molecular formula is C17H20ClN5O3. The van der Waals surface area contributed by atoms with Crippen LogP contribution < -0.4 is 5.32 Å². The highest BCUT2D eigenvalue weighted by Crippen LogP contribution is 2.41. The zero-order valence-corrected chi connectivity index (χ0v) is 15.0. The van der Waals surface area contributed by atoms with Gasteiger partial charge in [-0.15, -0.1) is 0 Å². The molecule has 3 fully saturated rings. The number of nitrogens with one attached hydrogen (secondary N) is 1. The molecule has 8 nitrogen and oxygen atoms in total. The summed E-state index contributed by atoms with van der Waals surface area (Å²) >= 11 is 6.07. The first-order chi connectivity index (χ1) is 12.6. The molecule has 1 atom stereocenters. The minimum Gasteiger partial charge on any atom is -0.347 e. The summed E-state index contributed by atoms with van der Waals surface area (Å²) in [5, 5.41) is 3.38. The van der Waals surface area contributed by atoms with Gasteiger partial charge < -0.3 is 19.4 Å². The van der Waals surface area contributed by atoms with E-state index < -0.39 is 17.4 Å². The number of fused-ring (bicyclic) bond motifs is 1. The van der Waals surface area contributed by atoms with Crippen molar-refractivity contribution < 1.29 is 14.3 Å².